The number of carbonyl (C=O) groups excluding carboxylic acids is 2. The van der Waals surface area contributed by atoms with E-state index in [2.05, 4.69) is 36.2 Å². The Bertz CT molecular complexity index is 1440. The maximum atomic E-state index is 14.3. The molecule has 2 saturated carbocycles. The number of rotatable bonds is 11. The fourth-order valence-electron chi connectivity index (χ4n) is 7.20. The molecular formula is C35H45N3O5S. The average molecular weight is 620 g/mol. The van der Waals surface area contributed by atoms with Crippen LogP contribution in [0.3, 0.4) is 0 Å². The van der Waals surface area contributed by atoms with Gasteiger partial charge in [0.1, 0.15) is 5.75 Å². The van der Waals surface area contributed by atoms with E-state index in [1.807, 2.05) is 29.3 Å². The maximum Gasteiger partial charge on any atom is 0.273 e. The molecule has 236 valence electrons. The molecule has 3 aromatic rings. The predicted molar refractivity (Wildman–Crippen MR) is 174 cm³/mol. The molecule has 3 N–H and O–H groups in total. The number of amides is 2. The van der Waals surface area contributed by atoms with Crippen LogP contribution in [0.2, 0.25) is 0 Å². The zero-order chi connectivity index (χ0) is 31.3. The smallest absolute Gasteiger partial charge is 0.273 e. The highest BCUT2D eigenvalue weighted by atomic mass is 32.1. The van der Waals surface area contributed by atoms with E-state index in [9.17, 15) is 14.7 Å². The summed E-state index contributed by atoms with van der Waals surface area (Å²) >= 11 is 1.48. The van der Waals surface area contributed by atoms with Gasteiger partial charge in [0.15, 0.2) is 0 Å². The van der Waals surface area contributed by atoms with Crippen molar-refractivity contribution in [1.82, 2.24) is 4.98 Å². The second-order valence-corrected chi connectivity index (χ2v) is 13.5. The molecule has 1 heterocycles. The summed E-state index contributed by atoms with van der Waals surface area (Å²) in [6, 6.07) is 14.7. The third-order valence-electron chi connectivity index (χ3n) is 9.95. The Labute approximate surface area is 264 Å². The van der Waals surface area contributed by atoms with Gasteiger partial charge < -0.3 is 25.2 Å². The molecule has 5 rings (SSSR count). The zero-order valence-electron chi connectivity index (χ0n) is 26.1. The normalized spacial score (nSPS) is 23.6. The van der Waals surface area contributed by atoms with Crippen LogP contribution in [-0.4, -0.2) is 49.3 Å². The lowest BCUT2D eigenvalue weighted by Crippen LogP contribution is -2.45. The highest BCUT2D eigenvalue weighted by molar-refractivity contribution is 7.16. The summed E-state index contributed by atoms with van der Waals surface area (Å²) < 4.78 is 10.8. The van der Waals surface area contributed by atoms with E-state index < -0.39 is 5.41 Å². The minimum absolute atomic E-state index is 0.0817. The van der Waals surface area contributed by atoms with Crippen molar-refractivity contribution in [3.8, 4) is 21.4 Å². The average Bonchev–Trinajstić information content (AvgIpc) is 3.54. The Hall–Kier alpha value is -3.43. The van der Waals surface area contributed by atoms with Crippen molar-refractivity contribution in [1.29, 1.82) is 0 Å². The van der Waals surface area contributed by atoms with Crippen LogP contribution in [0.5, 0.6) is 10.9 Å². The van der Waals surface area contributed by atoms with Gasteiger partial charge in [-0.15, -0.1) is 0 Å². The molecule has 0 unspecified atom stereocenters. The lowest BCUT2D eigenvalue weighted by molar-refractivity contribution is -0.134. The van der Waals surface area contributed by atoms with Crippen LogP contribution < -0.4 is 20.1 Å². The Morgan fingerprint density at radius 3 is 2.41 bits per heavy atom. The van der Waals surface area contributed by atoms with Crippen molar-refractivity contribution in [2.24, 2.45) is 23.0 Å². The van der Waals surface area contributed by atoms with E-state index in [1.165, 1.54) is 16.9 Å². The van der Waals surface area contributed by atoms with Gasteiger partial charge in [0, 0.05) is 31.0 Å². The molecule has 0 spiro atoms. The van der Waals surface area contributed by atoms with Gasteiger partial charge in [0.2, 0.25) is 11.8 Å². The molecule has 2 aromatic carbocycles. The van der Waals surface area contributed by atoms with Crippen molar-refractivity contribution in [2.45, 2.75) is 70.6 Å². The molecule has 0 radical (unpaired) electrons. The molecule has 0 atom stereocenters. The second kappa shape index (κ2) is 14.1. The first-order valence-corrected chi connectivity index (χ1v) is 16.6. The third-order valence-corrected chi connectivity index (χ3v) is 11.0. The Balaban J connectivity index is 1.34. The van der Waals surface area contributed by atoms with E-state index in [0.29, 0.717) is 55.7 Å². The highest BCUT2D eigenvalue weighted by Gasteiger charge is 2.42. The number of nitrogens with zero attached hydrogens (tertiary/aromatic N) is 2. The van der Waals surface area contributed by atoms with Crippen LogP contribution in [0.25, 0.3) is 10.4 Å². The first kappa shape index (κ1) is 32.0. The van der Waals surface area contributed by atoms with E-state index in [0.717, 1.165) is 53.1 Å². The van der Waals surface area contributed by atoms with E-state index in [-0.39, 0.29) is 24.3 Å². The number of nitrogens with two attached hydrogens (primary N) is 1. The third kappa shape index (κ3) is 6.94. The number of carbonyl (C=O) groups is 2. The van der Waals surface area contributed by atoms with Gasteiger partial charge >= 0.3 is 0 Å². The van der Waals surface area contributed by atoms with Gasteiger partial charge in [-0.25, -0.2) is 4.98 Å². The van der Waals surface area contributed by atoms with Crippen LogP contribution in [0.15, 0.2) is 48.7 Å². The predicted octanol–water partition coefficient (Wildman–Crippen LogP) is 6.49. The fraction of sp³-hybridized carbons (Fsp3) is 0.514. The number of methoxy groups -OCH3 is 2. The topological polar surface area (TPSA) is 115 Å². The van der Waals surface area contributed by atoms with Gasteiger partial charge in [-0.3, -0.25) is 9.59 Å². The Morgan fingerprint density at radius 1 is 1.05 bits per heavy atom. The molecule has 2 amide bonds. The highest BCUT2D eigenvalue weighted by Crippen LogP contribution is 2.43. The zero-order valence-corrected chi connectivity index (χ0v) is 26.9. The summed E-state index contributed by atoms with van der Waals surface area (Å²) in [6.45, 7) is 2.68. The summed E-state index contributed by atoms with van der Waals surface area (Å²) in [5.74, 6) is 1.38. The van der Waals surface area contributed by atoms with Crippen molar-refractivity contribution >= 4 is 28.8 Å². The largest absolute Gasteiger partial charge is 0.496 e. The quantitative estimate of drug-likeness (QED) is 0.254. The second-order valence-electron chi connectivity index (χ2n) is 12.5. The minimum Gasteiger partial charge on any atom is -0.496 e. The molecule has 0 saturated heterocycles. The van der Waals surface area contributed by atoms with Crippen molar-refractivity contribution in [3.63, 3.8) is 0 Å². The summed E-state index contributed by atoms with van der Waals surface area (Å²) in [5, 5.41) is 10.2. The van der Waals surface area contributed by atoms with Crippen LogP contribution in [0.1, 0.15) is 74.8 Å². The number of hydrogen-bond donors (Lipinski definition) is 2. The fourth-order valence-corrected chi connectivity index (χ4v) is 7.93. The van der Waals surface area contributed by atoms with Crippen LogP contribution >= 0.6 is 11.3 Å². The van der Waals surface area contributed by atoms with Crippen LogP contribution in [-0.2, 0) is 9.59 Å². The lowest BCUT2D eigenvalue weighted by atomic mass is 9.68. The number of hydrogen-bond acceptors (Lipinski definition) is 7. The molecule has 2 aliphatic rings. The Kier molecular flexibility index (Phi) is 10.3. The summed E-state index contributed by atoms with van der Waals surface area (Å²) in [5.41, 5.74) is 9.47. The first-order valence-electron chi connectivity index (χ1n) is 15.7. The number of aryl methyl sites for hydroxylation is 1. The van der Waals surface area contributed by atoms with E-state index in [1.54, 1.807) is 14.2 Å². The molecule has 0 bridgehead atoms. The molecule has 8 nitrogen and oxygen atoms in total. The molecule has 2 fully saturated rings. The number of ether oxygens (including phenoxy) is 2. The number of thiazole rings is 1. The minimum atomic E-state index is -0.723. The van der Waals surface area contributed by atoms with E-state index >= 15 is 0 Å². The van der Waals surface area contributed by atoms with Crippen molar-refractivity contribution < 1.29 is 24.2 Å². The van der Waals surface area contributed by atoms with Gasteiger partial charge in [-0.1, -0.05) is 35.6 Å². The van der Waals surface area contributed by atoms with Gasteiger partial charge in [-0.2, -0.15) is 0 Å². The van der Waals surface area contributed by atoms with Crippen molar-refractivity contribution in [3.05, 3.63) is 59.8 Å². The number of aliphatic hydroxyl groups is 1. The Morgan fingerprint density at radius 2 is 1.80 bits per heavy atom. The number of primary amides is 1. The van der Waals surface area contributed by atoms with E-state index in [4.69, 9.17) is 15.2 Å². The summed E-state index contributed by atoms with van der Waals surface area (Å²) in [7, 11) is 3.32. The lowest BCUT2D eigenvalue weighted by Gasteiger charge is -2.39. The number of aromatic nitrogens is 1. The van der Waals surface area contributed by atoms with Crippen LogP contribution in [0, 0.1) is 24.2 Å². The number of benzene rings is 2. The molecule has 44 heavy (non-hydrogen) atoms. The molecule has 1 aromatic heterocycles. The SMILES string of the molecule is COc1ncc(-c2cccc(N(CC3CCC(c4ccc(OC)c(C)c4)CC3)C(=O)C3CCC(CCO)(C(N)=O)CC3)c2)s1. The monoisotopic (exact) mass is 619 g/mol. The summed E-state index contributed by atoms with van der Waals surface area (Å²) in [4.78, 5) is 34.0. The number of anilines is 1. The maximum absolute atomic E-state index is 14.3. The number of aliphatic hydroxyl groups excluding tert-OH is 1. The van der Waals surface area contributed by atoms with Crippen molar-refractivity contribution in [2.75, 3.05) is 32.3 Å². The standard InChI is InChI=1S/C35H45N3O5S/c1-23-19-27(11-12-30(23)42-2)25-9-7-24(8-10-25)22-38(29-6-4-5-28(20-29)31-21-37-34(43-3)44-31)32(40)26-13-15-35(16-14-26,17-18-39)33(36)41/h4-6,11-12,19-21,24-26,39H,7-10,13-18,22H2,1-3H3,(H2,36,41). The summed E-state index contributed by atoms with van der Waals surface area (Å²) in [6.07, 6.45) is 8.68. The molecule has 0 aliphatic heterocycles. The molecule has 9 heteroatoms. The van der Waals surface area contributed by atoms with Gasteiger partial charge in [-0.05, 0) is 111 Å². The van der Waals surface area contributed by atoms with Gasteiger partial charge in [0.25, 0.3) is 5.19 Å². The first-order chi connectivity index (χ1) is 21.3. The van der Waals surface area contributed by atoms with Crippen LogP contribution in [0.4, 0.5) is 5.69 Å². The van der Waals surface area contributed by atoms with Gasteiger partial charge in [0.05, 0.1) is 24.5 Å². The molecule has 2 aliphatic carbocycles. The molecular weight excluding hydrogens is 574 g/mol.